The van der Waals surface area contributed by atoms with Gasteiger partial charge in [0.1, 0.15) is 11.9 Å². The lowest BCUT2D eigenvalue weighted by atomic mass is 9.95. The Morgan fingerprint density at radius 1 is 1.27 bits per heavy atom. The average Bonchev–Trinajstić information content (AvgIpc) is 2.97. The van der Waals surface area contributed by atoms with Gasteiger partial charge in [0.05, 0.1) is 18.2 Å². The van der Waals surface area contributed by atoms with Crippen LogP contribution in [-0.4, -0.2) is 34.8 Å². The molecule has 0 radical (unpaired) electrons. The second-order valence-electron chi connectivity index (χ2n) is 8.32. The van der Waals surface area contributed by atoms with Gasteiger partial charge in [-0.15, -0.1) is 0 Å². The number of carbonyl (C=O) groups excluding carboxylic acids is 1. The highest BCUT2D eigenvalue weighted by atomic mass is 16.3. The van der Waals surface area contributed by atoms with Crippen LogP contribution in [0.25, 0.3) is 0 Å². The van der Waals surface area contributed by atoms with Crippen molar-refractivity contribution in [2.45, 2.75) is 65.0 Å². The van der Waals surface area contributed by atoms with Gasteiger partial charge in [0.15, 0.2) is 0 Å². The Kier molecular flexibility index (Phi) is 7.17. The summed E-state index contributed by atoms with van der Waals surface area (Å²) < 4.78 is 2.17. The average molecular weight is 409 g/mol. The van der Waals surface area contributed by atoms with Gasteiger partial charge in [0.2, 0.25) is 5.91 Å². The Balaban J connectivity index is 1.86. The van der Waals surface area contributed by atoms with E-state index in [4.69, 9.17) is 0 Å². The van der Waals surface area contributed by atoms with Gasteiger partial charge in [-0.25, -0.2) is 0 Å². The van der Waals surface area contributed by atoms with Crippen molar-refractivity contribution in [3.63, 3.8) is 0 Å². The number of hydrogen-bond acceptors (Lipinski definition) is 4. The first-order chi connectivity index (χ1) is 14.4. The first kappa shape index (κ1) is 21.9. The van der Waals surface area contributed by atoms with Crippen molar-refractivity contribution in [1.29, 1.82) is 5.26 Å². The zero-order valence-electron chi connectivity index (χ0n) is 18.2. The van der Waals surface area contributed by atoms with Crippen LogP contribution in [0.3, 0.4) is 0 Å². The monoisotopic (exact) mass is 408 g/mol. The maximum atomic E-state index is 13.0. The summed E-state index contributed by atoms with van der Waals surface area (Å²) in [6.07, 6.45) is 5.16. The van der Waals surface area contributed by atoms with E-state index in [2.05, 4.69) is 16.0 Å². The number of aliphatic hydroxyl groups excluding tert-OH is 1. The van der Waals surface area contributed by atoms with Crippen LogP contribution in [0.5, 0.6) is 0 Å². The first-order valence-corrected chi connectivity index (χ1v) is 10.8. The van der Waals surface area contributed by atoms with E-state index in [1.165, 1.54) is 19.3 Å². The van der Waals surface area contributed by atoms with Crippen LogP contribution in [0.2, 0.25) is 0 Å². The van der Waals surface area contributed by atoms with E-state index in [0.717, 1.165) is 29.8 Å². The molecule has 2 aromatic rings. The van der Waals surface area contributed by atoms with Crippen molar-refractivity contribution in [2.24, 2.45) is 0 Å². The minimum Gasteiger partial charge on any atom is -0.392 e. The van der Waals surface area contributed by atoms with E-state index in [0.29, 0.717) is 24.0 Å². The molecule has 6 nitrogen and oxygen atoms in total. The van der Waals surface area contributed by atoms with Gasteiger partial charge in [-0.05, 0) is 51.3 Å². The summed E-state index contributed by atoms with van der Waals surface area (Å²) in [5.41, 5.74) is 3.41. The Morgan fingerprint density at radius 3 is 2.53 bits per heavy atom. The van der Waals surface area contributed by atoms with E-state index in [9.17, 15) is 15.2 Å². The summed E-state index contributed by atoms with van der Waals surface area (Å²) in [6.45, 7) is 6.15. The fourth-order valence-corrected chi connectivity index (χ4v) is 4.45. The molecule has 0 aliphatic heterocycles. The third kappa shape index (κ3) is 4.85. The molecule has 1 atom stereocenters. The topological polar surface area (TPSA) is 81.3 Å². The molecule has 1 aliphatic rings. The molecule has 6 heteroatoms. The third-order valence-electron chi connectivity index (χ3n) is 6.01. The Hall–Kier alpha value is -2.78. The van der Waals surface area contributed by atoms with Crippen LogP contribution >= 0.6 is 0 Å². The summed E-state index contributed by atoms with van der Waals surface area (Å²) in [7, 11) is 0. The molecule has 1 fully saturated rings. The largest absolute Gasteiger partial charge is 0.392 e. The van der Waals surface area contributed by atoms with Crippen molar-refractivity contribution >= 4 is 17.4 Å². The summed E-state index contributed by atoms with van der Waals surface area (Å²) >= 11 is 0. The van der Waals surface area contributed by atoms with Gasteiger partial charge in [0.25, 0.3) is 0 Å². The van der Waals surface area contributed by atoms with Crippen LogP contribution in [0.4, 0.5) is 11.5 Å². The Labute approximate surface area is 179 Å². The number of para-hydroxylation sites is 1. The summed E-state index contributed by atoms with van der Waals surface area (Å²) in [5.74, 6) is 0.431. The van der Waals surface area contributed by atoms with Crippen LogP contribution in [0.15, 0.2) is 30.3 Å². The molecule has 1 heterocycles. The number of benzene rings is 1. The lowest BCUT2D eigenvalue weighted by Crippen LogP contribution is -2.38. The van der Waals surface area contributed by atoms with E-state index in [1.807, 2.05) is 49.1 Å². The third-order valence-corrected chi connectivity index (χ3v) is 6.01. The molecular weight excluding hydrogens is 376 g/mol. The van der Waals surface area contributed by atoms with Gasteiger partial charge in [-0.3, -0.25) is 4.79 Å². The number of nitriles is 1. The molecule has 30 heavy (non-hydrogen) atoms. The number of nitrogens with zero attached hydrogens (tertiary/aromatic N) is 3. The van der Waals surface area contributed by atoms with Gasteiger partial charge in [0, 0.05) is 24.0 Å². The predicted octanol–water partition coefficient (Wildman–Crippen LogP) is 4.31. The molecule has 0 saturated heterocycles. The van der Waals surface area contributed by atoms with Gasteiger partial charge >= 0.3 is 0 Å². The van der Waals surface area contributed by atoms with Crippen molar-refractivity contribution in [2.75, 3.05) is 23.3 Å². The van der Waals surface area contributed by atoms with Crippen molar-refractivity contribution in [1.82, 2.24) is 4.57 Å². The van der Waals surface area contributed by atoms with Gasteiger partial charge in [-0.2, -0.15) is 5.26 Å². The molecule has 1 aliphatic carbocycles. The number of hydrogen-bond donors (Lipinski definition) is 2. The van der Waals surface area contributed by atoms with Crippen LogP contribution in [0.1, 0.15) is 61.9 Å². The van der Waals surface area contributed by atoms with Crippen molar-refractivity contribution in [3.05, 3.63) is 47.2 Å². The standard InChI is InChI=1S/C24H32N4O2/c1-17(29)15-27(20-10-6-4-7-11-20)16-23(30)26-24-22(14-25)18(2)19(3)28(24)21-12-8-5-9-13-21/h4,6-7,10-11,17,21,29H,5,8-9,12-13,15-16H2,1-3H3,(H,26,30). The highest BCUT2D eigenvalue weighted by Crippen LogP contribution is 2.36. The second-order valence-corrected chi connectivity index (χ2v) is 8.32. The lowest BCUT2D eigenvalue weighted by Gasteiger charge is -2.28. The Bertz CT molecular complexity index is 906. The summed E-state index contributed by atoms with van der Waals surface area (Å²) in [4.78, 5) is 14.9. The molecule has 1 aromatic carbocycles. The summed E-state index contributed by atoms with van der Waals surface area (Å²) in [6, 6.07) is 12.2. The first-order valence-electron chi connectivity index (χ1n) is 10.8. The molecule has 1 unspecified atom stereocenters. The van der Waals surface area contributed by atoms with E-state index >= 15 is 0 Å². The second kappa shape index (κ2) is 9.82. The van der Waals surface area contributed by atoms with Crippen LogP contribution in [-0.2, 0) is 4.79 Å². The molecule has 1 saturated carbocycles. The smallest absolute Gasteiger partial charge is 0.245 e. The van der Waals surface area contributed by atoms with E-state index in [-0.39, 0.29) is 12.5 Å². The maximum Gasteiger partial charge on any atom is 0.245 e. The van der Waals surface area contributed by atoms with E-state index in [1.54, 1.807) is 6.92 Å². The van der Waals surface area contributed by atoms with Crippen molar-refractivity contribution in [3.8, 4) is 6.07 Å². The molecule has 2 N–H and O–H groups in total. The molecule has 0 bridgehead atoms. The number of carbonyl (C=O) groups is 1. The zero-order valence-corrected chi connectivity index (χ0v) is 18.2. The Morgan fingerprint density at radius 2 is 1.93 bits per heavy atom. The highest BCUT2D eigenvalue weighted by Gasteiger charge is 2.26. The quantitative estimate of drug-likeness (QED) is 0.715. The molecule has 3 rings (SSSR count). The number of anilines is 2. The maximum absolute atomic E-state index is 13.0. The van der Waals surface area contributed by atoms with Crippen molar-refractivity contribution < 1.29 is 9.90 Å². The highest BCUT2D eigenvalue weighted by molar-refractivity contribution is 5.95. The molecule has 160 valence electrons. The lowest BCUT2D eigenvalue weighted by molar-refractivity contribution is -0.115. The molecule has 1 aromatic heterocycles. The molecular formula is C24H32N4O2. The SMILES string of the molecule is Cc1c(C#N)c(NC(=O)CN(CC(C)O)c2ccccc2)n(C2CCCCC2)c1C. The fraction of sp³-hybridized carbons (Fsp3) is 0.500. The predicted molar refractivity (Wildman–Crippen MR) is 120 cm³/mol. The van der Waals surface area contributed by atoms with Crippen LogP contribution in [0, 0.1) is 25.2 Å². The van der Waals surface area contributed by atoms with Crippen LogP contribution < -0.4 is 10.2 Å². The minimum atomic E-state index is -0.566. The normalized spacial score (nSPS) is 15.4. The number of aromatic nitrogens is 1. The zero-order chi connectivity index (χ0) is 21.7. The number of amides is 1. The number of aliphatic hydroxyl groups is 1. The molecule has 1 amide bonds. The van der Waals surface area contributed by atoms with Gasteiger partial charge in [-0.1, -0.05) is 37.5 Å². The van der Waals surface area contributed by atoms with Gasteiger partial charge < -0.3 is 19.9 Å². The number of rotatable bonds is 7. The molecule has 0 spiro atoms. The fourth-order valence-electron chi connectivity index (χ4n) is 4.45. The minimum absolute atomic E-state index is 0.105. The summed E-state index contributed by atoms with van der Waals surface area (Å²) in [5, 5.41) is 22.7. The number of nitrogens with one attached hydrogen (secondary N) is 1. The van der Waals surface area contributed by atoms with E-state index < -0.39 is 6.10 Å².